The molecule has 0 aromatic heterocycles. The Hall–Kier alpha value is 0.977. The van der Waals surface area contributed by atoms with Crippen molar-refractivity contribution in [3.8, 4) is 0 Å². The summed E-state index contributed by atoms with van der Waals surface area (Å²) in [5.41, 5.74) is 0. The van der Waals surface area contributed by atoms with E-state index in [0.29, 0.717) is 19.8 Å². The fourth-order valence-corrected chi connectivity index (χ4v) is 23.5. The van der Waals surface area contributed by atoms with E-state index in [9.17, 15) is 0 Å². The molecule has 0 aromatic rings. The van der Waals surface area contributed by atoms with Gasteiger partial charge in [-0.3, -0.25) is 0 Å². The molecule has 0 saturated carbocycles. The Morgan fingerprint density at radius 3 is 1.39 bits per heavy atom. The fraction of sp³-hybridized carbons (Fsp3) is 0.879. The number of unbranched alkanes of at least 4 members (excludes halogenated alkanes) is 18. The minimum atomic E-state index is -2.74. The largest absolute Gasteiger partial charge is 0.808 e. The van der Waals surface area contributed by atoms with Crippen LogP contribution in [0, 0.1) is 0 Å². The van der Waals surface area contributed by atoms with Gasteiger partial charge in [-0.2, -0.15) is 0 Å². The van der Waals surface area contributed by atoms with Crippen molar-refractivity contribution < 1.29 is 13.3 Å². The smallest absolute Gasteiger partial charge is 0.331 e. The molecule has 0 fully saturated rings. The van der Waals surface area contributed by atoms with Gasteiger partial charge in [0.15, 0.2) is 18.2 Å². The van der Waals surface area contributed by atoms with E-state index in [2.05, 4.69) is 37.5 Å². The lowest BCUT2D eigenvalue weighted by molar-refractivity contribution is 0.0966. The minimum Gasteiger partial charge on any atom is -0.331 e. The molecule has 3 nitrogen and oxygen atoms in total. The van der Waals surface area contributed by atoms with Crippen LogP contribution in [0.1, 0.15) is 163 Å². The lowest BCUT2D eigenvalue weighted by Crippen LogP contribution is -2.51. The van der Waals surface area contributed by atoms with Gasteiger partial charge < -0.3 is 13.3 Å². The van der Waals surface area contributed by atoms with Crippen molar-refractivity contribution in [1.29, 1.82) is 0 Å². The fourth-order valence-electron chi connectivity index (χ4n) is 4.54. The standard InChI is InChI=1S/C33H67O3S4Si/c1-6-11-12-13-14-15-16-17-18-19-20-21-22-23-24-25-26-27-28-29-30-31-33-38-40(39-37-32-7-2)41(34-8-3,35-9-4)36-10-5/h29-31,33H,6-28,32H2,1-5H3/q+1. The topological polar surface area (TPSA) is 27.7 Å². The third-order valence-corrected chi connectivity index (χ3v) is 25.2. The van der Waals surface area contributed by atoms with Gasteiger partial charge in [0.2, 0.25) is 0 Å². The normalized spacial score (nSPS) is 13.2. The van der Waals surface area contributed by atoms with Gasteiger partial charge >= 0.3 is 7.95 Å². The molecule has 0 spiro atoms. The van der Waals surface area contributed by atoms with Crippen molar-refractivity contribution >= 4 is 47.8 Å². The first kappa shape index (κ1) is 42.0. The molecular formula is C33H67O3S4Si+. The Labute approximate surface area is 271 Å². The van der Waals surface area contributed by atoms with Gasteiger partial charge in [-0.1, -0.05) is 141 Å². The quantitative estimate of drug-likeness (QED) is 0.0227. The van der Waals surface area contributed by atoms with Gasteiger partial charge in [0.25, 0.3) is 0 Å². The van der Waals surface area contributed by atoms with Crippen LogP contribution in [-0.4, -0.2) is 33.5 Å². The third kappa shape index (κ3) is 26.0. The van der Waals surface area contributed by atoms with Crippen LogP contribution in [-0.2, 0) is 21.7 Å². The summed E-state index contributed by atoms with van der Waals surface area (Å²) in [4.78, 5) is 0. The molecule has 0 aliphatic rings. The molecule has 1 unspecified atom stereocenters. The predicted octanol–water partition coefficient (Wildman–Crippen LogP) is 13.0. The second-order valence-electron chi connectivity index (χ2n) is 10.6. The van der Waals surface area contributed by atoms with E-state index in [1.807, 2.05) is 52.2 Å². The summed E-state index contributed by atoms with van der Waals surface area (Å²) in [5.74, 6) is 1.13. The molecule has 1 atom stereocenters. The molecule has 8 heteroatoms. The zero-order valence-electron chi connectivity index (χ0n) is 27.6. The van der Waals surface area contributed by atoms with Crippen molar-refractivity contribution in [1.82, 2.24) is 0 Å². The third-order valence-electron chi connectivity index (χ3n) is 6.76. The zero-order valence-corrected chi connectivity index (χ0v) is 31.9. The highest BCUT2D eigenvalue weighted by atomic mass is 33.8. The SMILES string of the molecule is CCCCCCCCCCCCCCCCCCCCC=CC=CS[S+](SSCCC)[Si](OCC)(OCC)OCC. The van der Waals surface area contributed by atoms with Crippen LogP contribution >= 0.6 is 31.4 Å². The van der Waals surface area contributed by atoms with Gasteiger partial charge in [-0.15, -0.1) is 0 Å². The molecular weight excluding hydrogens is 601 g/mol. The van der Waals surface area contributed by atoms with Crippen molar-refractivity contribution in [2.45, 2.75) is 163 Å². The molecule has 0 heterocycles. The average Bonchev–Trinajstić information content (AvgIpc) is 2.97. The Morgan fingerprint density at radius 1 is 0.537 bits per heavy atom. The maximum absolute atomic E-state index is 6.21. The maximum atomic E-state index is 6.21. The zero-order chi connectivity index (χ0) is 30.1. The van der Waals surface area contributed by atoms with Gasteiger partial charge in [0.05, 0.1) is 0 Å². The Bertz CT molecular complexity index is 564. The van der Waals surface area contributed by atoms with Crippen LogP contribution in [0.5, 0.6) is 0 Å². The summed E-state index contributed by atoms with van der Waals surface area (Å²) >= 11 is 0. The second-order valence-corrected chi connectivity index (χ2v) is 24.2. The summed E-state index contributed by atoms with van der Waals surface area (Å²) in [5, 5.41) is 2.20. The number of hydrogen-bond acceptors (Lipinski definition) is 6. The maximum Gasteiger partial charge on any atom is 0.808 e. The molecule has 0 rings (SSSR count). The van der Waals surface area contributed by atoms with Crippen molar-refractivity contribution in [3.05, 3.63) is 23.6 Å². The first-order valence-electron chi connectivity index (χ1n) is 17.2. The van der Waals surface area contributed by atoms with Crippen molar-refractivity contribution in [3.63, 3.8) is 0 Å². The highest BCUT2D eigenvalue weighted by Crippen LogP contribution is 2.46. The highest BCUT2D eigenvalue weighted by molar-refractivity contribution is 9.29. The number of hydrogen-bond donors (Lipinski definition) is 0. The first-order chi connectivity index (χ1) is 20.2. The average molecular weight is 668 g/mol. The van der Waals surface area contributed by atoms with E-state index in [-0.39, 0.29) is 8.41 Å². The molecule has 0 saturated heterocycles. The van der Waals surface area contributed by atoms with E-state index in [1.165, 1.54) is 128 Å². The number of rotatable bonds is 33. The van der Waals surface area contributed by atoms with Gasteiger partial charge in [-0.25, -0.2) is 0 Å². The summed E-state index contributed by atoms with van der Waals surface area (Å²) in [6.45, 7) is 12.5. The van der Waals surface area contributed by atoms with Crippen molar-refractivity contribution in [2.75, 3.05) is 25.6 Å². The van der Waals surface area contributed by atoms with Crippen LogP contribution < -0.4 is 0 Å². The second kappa shape index (κ2) is 33.9. The number of allylic oxidation sites excluding steroid dienone is 3. The van der Waals surface area contributed by atoms with Crippen molar-refractivity contribution in [2.24, 2.45) is 0 Å². The van der Waals surface area contributed by atoms with E-state index in [1.54, 1.807) is 0 Å². The molecule has 41 heavy (non-hydrogen) atoms. The van der Waals surface area contributed by atoms with E-state index < -0.39 is 7.95 Å². The highest BCUT2D eigenvalue weighted by Gasteiger charge is 2.66. The van der Waals surface area contributed by atoms with Crippen LogP contribution in [0.15, 0.2) is 23.6 Å². The summed E-state index contributed by atoms with van der Waals surface area (Å²) in [6.07, 6.45) is 34.8. The van der Waals surface area contributed by atoms with Crippen LogP contribution in [0.4, 0.5) is 0 Å². The lowest BCUT2D eigenvalue weighted by Gasteiger charge is -2.22. The van der Waals surface area contributed by atoms with Crippen LogP contribution in [0.2, 0.25) is 0 Å². The van der Waals surface area contributed by atoms with E-state index in [0.717, 1.165) is 5.75 Å². The molecule has 0 radical (unpaired) electrons. The van der Waals surface area contributed by atoms with E-state index >= 15 is 0 Å². The summed E-state index contributed by atoms with van der Waals surface area (Å²) < 4.78 is 18.6. The Morgan fingerprint density at radius 2 is 0.976 bits per heavy atom. The van der Waals surface area contributed by atoms with Crippen LogP contribution in [0.25, 0.3) is 0 Å². The van der Waals surface area contributed by atoms with E-state index in [4.69, 9.17) is 13.3 Å². The Balaban J connectivity index is 3.91. The molecule has 244 valence electrons. The molecule has 0 aromatic carbocycles. The predicted molar refractivity (Wildman–Crippen MR) is 198 cm³/mol. The Kier molecular flexibility index (Phi) is 34.7. The van der Waals surface area contributed by atoms with Crippen LogP contribution in [0.3, 0.4) is 0 Å². The summed E-state index contributed by atoms with van der Waals surface area (Å²) in [7, 11) is 2.68. The molecule has 0 amide bonds. The van der Waals surface area contributed by atoms with Gasteiger partial charge in [-0.05, 0) is 50.8 Å². The molecule has 0 bridgehead atoms. The molecule has 0 aliphatic heterocycles. The monoisotopic (exact) mass is 667 g/mol. The lowest BCUT2D eigenvalue weighted by atomic mass is 10.0. The van der Waals surface area contributed by atoms with Gasteiger partial charge in [0, 0.05) is 31.0 Å². The summed E-state index contributed by atoms with van der Waals surface area (Å²) in [6, 6.07) is 0. The molecule has 0 N–H and O–H groups in total. The van der Waals surface area contributed by atoms with Gasteiger partial charge in [0.1, 0.15) is 10.8 Å². The molecule has 0 aliphatic carbocycles. The minimum absolute atomic E-state index is 0.195. The first-order valence-corrected chi connectivity index (χ1v) is 25.1.